The van der Waals surface area contributed by atoms with Crippen LogP contribution in [0.5, 0.6) is 0 Å². The molecule has 2 amide bonds. The van der Waals surface area contributed by atoms with Gasteiger partial charge in [-0.1, -0.05) is 19.9 Å². The van der Waals surface area contributed by atoms with Crippen molar-refractivity contribution in [3.63, 3.8) is 0 Å². The zero-order valence-corrected chi connectivity index (χ0v) is 24.5. The summed E-state index contributed by atoms with van der Waals surface area (Å²) in [5, 5.41) is 5.24. The van der Waals surface area contributed by atoms with Crippen molar-refractivity contribution >= 4 is 33.4 Å². The molecular weight excluding hydrogens is 563 g/mol. The highest BCUT2D eigenvalue weighted by Crippen LogP contribution is 2.32. The lowest BCUT2D eigenvalue weighted by molar-refractivity contribution is -0.137. The van der Waals surface area contributed by atoms with Crippen LogP contribution in [0, 0.1) is 5.92 Å². The van der Waals surface area contributed by atoms with Crippen LogP contribution in [0.4, 0.5) is 13.2 Å². The Bertz CT molecular complexity index is 1270. The summed E-state index contributed by atoms with van der Waals surface area (Å²) >= 11 is 1.52. The van der Waals surface area contributed by atoms with Crippen LogP contribution in [0.2, 0.25) is 0 Å². The van der Waals surface area contributed by atoms with E-state index in [1.807, 2.05) is 6.26 Å². The van der Waals surface area contributed by atoms with Gasteiger partial charge in [0, 0.05) is 22.5 Å². The maximum atomic E-state index is 13.3. The molecule has 0 radical (unpaired) electrons. The molecular formula is C28H36F3N3O4S2. The minimum atomic E-state index is -4.59. The smallest absolute Gasteiger partial charge is 0.352 e. The third kappa shape index (κ3) is 8.47. The molecule has 0 aliphatic heterocycles. The number of carbonyl (C=O) groups is 2. The third-order valence-corrected chi connectivity index (χ3v) is 9.94. The molecule has 0 spiro atoms. The number of hydrogen-bond donors (Lipinski definition) is 2. The van der Waals surface area contributed by atoms with Crippen molar-refractivity contribution in [2.24, 2.45) is 5.92 Å². The Morgan fingerprint density at radius 3 is 2.33 bits per heavy atom. The van der Waals surface area contributed by atoms with Crippen LogP contribution in [0.1, 0.15) is 49.0 Å². The van der Waals surface area contributed by atoms with E-state index in [2.05, 4.69) is 29.4 Å². The molecule has 2 N–H and O–H groups in total. The first kappa shape index (κ1) is 32.0. The number of hydrogen-bond acceptors (Lipinski definition) is 6. The number of alkyl halides is 3. The van der Waals surface area contributed by atoms with Crippen LogP contribution in [0.3, 0.4) is 0 Å². The summed E-state index contributed by atoms with van der Waals surface area (Å²) in [7, 11) is -3.63. The maximum absolute atomic E-state index is 13.3. The summed E-state index contributed by atoms with van der Waals surface area (Å²) in [5.41, 5.74) is -1.17. The largest absolute Gasteiger partial charge is 0.416 e. The Morgan fingerprint density at radius 1 is 1.05 bits per heavy atom. The lowest BCUT2D eigenvalue weighted by atomic mass is 9.81. The van der Waals surface area contributed by atoms with Crippen molar-refractivity contribution in [1.29, 1.82) is 0 Å². The SMILES string of the molecule is CCN(CC)[C@@H]1CC[C@H](NC(=O)CNC(=O)c2cccc(C(F)(F)F)c2)[C@H](CS(=O)(=O)c2ccc(SC)cc2)C1. The number of halogens is 3. The third-order valence-electron chi connectivity index (χ3n) is 7.34. The molecule has 40 heavy (non-hydrogen) atoms. The van der Waals surface area contributed by atoms with Crippen LogP contribution in [-0.2, 0) is 20.8 Å². The maximum Gasteiger partial charge on any atom is 0.416 e. The second-order valence-electron chi connectivity index (χ2n) is 9.84. The second-order valence-corrected chi connectivity index (χ2v) is 12.8. The first-order valence-corrected chi connectivity index (χ1v) is 16.1. The summed E-state index contributed by atoms with van der Waals surface area (Å²) in [6.45, 7) is 5.33. The lowest BCUT2D eigenvalue weighted by Gasteiger charge is -2.41. The van der Waals surface area contributed by atoms with Gasteiger partial charge in [-0.05, 0) is 87.0 Å². The predicted octanol–water partition coefficient (Wildman–Crippen LogP) is 4.63. The van der Waals surface area contributed by atoms with E-state index in [0.717, 1.165) is 42.6 Å². The fourth-order valence-electron chi connectivity index (χ4n) is 5.20. The Morgan fingerprint density at radius 2 is 1.73 bits per heavy atom. The highest BCUT2D eigenvalue weighted by Gasteiger charge is 2.36. The van der Waals surface area contributed by atoms with E-state index in [0.29, 0.717) is 12.8 Å². The summed E-state index contributed by atoms with van der Waals surface area (Å²) < 4.78 is 65.6. The monoisotopic (exact) mass is 599 g/mol. The van der Waals surface area contributed by atoms with Gasteiger partial charge in [0.15, 0.2) is 9.84 Å². The van der Waals surface area contributed by atoms with Gasteiger partial charge in [-0.15, -0.1) is 11.8 Å². The highest BCUT2D eigenvalue weighted by atomic mass is 32.2. The summed E-state index contributed by atoms with van der Waals surface area (Å²) in [6.07, 6.45) is -0.744. The quantitative estimate of drug-likeness (QED) is 0.366. The van der Waals surface area contributed by atoms with Crippen LogP contribution in [0.15, 0.2) is 58.3 Å². The van der Waals surface area contributed by atoms with E-state index < -0.39 is 46.0 Å². The molecule has 1 aliphatic rings. The zero-order chi connectivity index (χ0) is 29.5. The molecule has 220 valence electrons. The van der Waals surface area contributed by atoms with Gasteiger partial charge in [0.25, 0.3) is 5.91 Å². The van der Waals surface area contributed by atoms with Gasteiger partial charge in [-0.25, -0.2) is 8.42 Å². The molecule has 7 nitrogen and oxygen atoms in total. The summed E-state index contributed by atoms with van der Waals surface area (Å²) in [4.78, 5) is 28.7. The zero-order valence-electron chi connectivity index (χ0n) is 22.8. The van der Waals surface area contributed by atoms with E-state index in [-0.39, 0.29) is 28.2 Å². The number of nitrogens with zero attached hydrogens (tertiary/aromatic N) is 1. The van der Waals surface area contributed by atoms with Gasteiger partial charge >= 0.3 is 6.18 Å². The van der Waals surface area contributed by atoms with Crippen molar-refractivity contribution in [2.45, 2.75) is 61.2 Å². The molecule has 0 aromatic heterocycles. The van der Waals surface area contributed by atoms with Gasteiger partial charge in [0.2, 0.25) is 5.91 Å². The summed E-state index contributed by atoms with van der Waals surface area (Å²) in [6, 6.07) is 10.5. The average Bonchev–Trinajstić information content (AvgIpc) is 2.93. The van der Waals surface area contributed by atoms with Crippen molar-refractivity contribution in [3.05, 3.63) is 59.7 Å². The normalized spacial score (nSPS) is 19.8. The standard InChI is InChI=1S/C28H36F3N3O4S2/c1-4-34(5-2)22-9-14-25(20(16-22)18-40(37,38)24-12-10-23(39-3)11-13-24)33-26(35)17-32-27(36)19-7-6-8-21(15-19)28(29,30)31/h6-8,10-13,15,20,22,25H,4-5,9,14,16-18H2,1-3H3,(H,32,36)(H,33,35)/t20-,22+,25-/m0/s1. The Kier molecular flexibility index (Phi) is 11.1. The molecule has 3 atom stereocenters. The van der Waals surface area contributed by atoms with Crippen molar-refractivity contribution in [3.8, 4) is 0 Å². The topological polar surface area (TPSA) is 95.6 Å². The first-order valence-electron chi connectivity index (χ1n) is 13.2. The molecule has 12 heteroatoms. The van der Waals surface area contributed by atoms with Crippen molar-refractivity contribution < 1.29 is 31.2 Å². The Labute approximate surface area is 238 Å². The molecule has 0 unspecified atom stereocenters. The first-order chi connectivity index (χ1) is 18.9. The molecule has 1 fully saturated rings. The number of thioether (sulfide) groups is 1. The van der Waals surface area contributed by atoms with E-state index in [9.17, 15) is 31.2 Å². The molecule has 0 bridgehead atoms. The Balaban J connectivity index is 1.70. The van der Waals surface area contributed by atoms with Crippen molar-refractivity contribution in [1.82, 2.24) is 15.5 Å². The number of sulfone groups is 1. The van der Waals surface area contributed by atoms with E-state index >= 15 is 0 Å². The van der Waals surface area contributed by atoms with E-state index in [4.69, 9.17) is 0 Å². The number of rotatable bonds is 11. The number of amides is 2. The van der Waals surface area contributed by atoms with Crippen LogP contribution < -0.4 is 10.6 Å². The molecule has 0 heterocycles. The lowest BCUT2D eigenvalue weighted by Crippen LogP contribution is -2.52. The van der Waals surface area contributed by atoms with E-state index in [1.54, 1.807) is 24.3 Å². The molecule has 1 aliphatic carbocycles. The van der Waals surface area contributed by atoms with Gasteiger partial charge in [-0.2, -0.15) is 13.2 Å². The van der Waals surface area contributed by atoms with E-state index in [1.165, 1.54) is 17.8 Å². The highest BCUT2D eigenvalue weighted by molar-refractivity contribution is 7.98. The van der Waals surface area contributed by atoms with Gasteiger partial charge < -0.3 is 15.5 Å². The molecule has 3 rings (SSSR count). The van der Waals surface area contributed by atoms with Gasteiger partial charge in [-0.3, -0.25) is 9.59 Å². The second kappa shape index (κ2) is 13.9. The molecule has 2 aromatic rings. The fourth-order valence-corrected chi connectivity index (χ4v) is 7.29. The van der Waals surface area contributed by atoms with Crippen LogP contribution in [0.25, 0.3) is 0 Å². The number of benzene rings is 2. The predicted molar refractivity (Wildman–Crippen MR) is 150 cm³/mol. The van der Waals surface area contributed by atoms with Crippen molar-refractivity contribution in [2.75, 3.05) is 31.6 Å². The van der Waals surface area contributed by atoms with Gasteiger partial charge in [0.1, 0.15) is 0 Å². The minimum absolute atomic E-state index is 0.134. The molecule has 1 saturated carbocycles. The van der Waals surface area contributed by atoms with Crippen LogP contribution >= 0.6 is 11.8 Å². The molecule has 2 aromatic carbocycles. The van der Waals surface area contributed by atoms with Crippen LogP contribution in [-0.4, -0.2) is 68.9 Å². The fraction of sp³-hybridized carbons (Fsp3) is 0.500. The average molecular weight is 600 g/mol. The number of nitrogens with one attached hydrogen (secondary N) is 2. The summed E-state index contributed by atoms with van der Waals surface area (Å²) in [5.74, 6) is -1.82. The minimum Gasteiger partial charge on any atom is -0.352 e. The van der Waals surface area contributed by atoms with Gasteiger partial charge in [0.05, 0.1) is 22.8 Å². The number of carbonyl (C=O) groups excluding carboxylic acids is 2. The Hall–Kier alpha value is -2.57. The molecule has 0 saturated heterocycles.